The highest BCUT2D eigenvalue weighted by Crippen LogP contribution is 2.29. The maximum atomic E-state index is 11.1. The van der Waals surface area contributed by atoms with E-state index in [-0.39, 0.29) is 18.3 Å². The van der Waals surface area contributed by atoms with Crippen LogP contribution < -0.4 is 4.74 Å². The van der Waals surface area contributed by atoms with Crippen LogP contribution in [0.3, 0.4) is 0 Å². The summed E-state index contributed by atoms with van der Waals surface area (Å²) in [6, 6.07) is 6.07. The van der Waals surface area contributed by atoms with Crippen molar-refractivity contribution in [3.63, 3.8) is 0 Å². The van der Waals surface area contributed by atoms with Crippen LogP contribution in [0.1, 0.15) is 24.0 Å². The van der Waals surface area contributed by atoms with Crippen LogP contribution in [0.5, 0.6) is 5.75 Å². The fourth-order valence-electron chi connectivity index (χ4n) is 2.08. The average molecular weight is 239 g/mol. The SMILES string of the molecule is O=C(CCl)COc1cccc2c1CCCC2. The van der Waals surface area contributed by atoms with Gasteiger partial charge in [-0.15, -0.1) is 11.6 Å². The molecule has 16 heavy (non-hydrogen) atoms. The van der Waals surface area contributed by atoms with E-state index in [9.17, 15) is 4.79 Å². The quantitative estimate of drug-likeness (QED) is 0.754. The molecule has 0 saturated heterocycles. The molecule has 2 rings (SSSR count). The summed E-state index contributed by atoms with van der Waals surface area (Å²) in [5.74, 6) is 0.806. The molecule has 0 spiro atoms. The highest BCUT2D eigenvalue weighted by Gasteiger charge is 2.14. The third-order valence-corrected chi connectivity index (χ3v) is 3.19. The summed E-state index contributed by atoms with van der Waals surface area (Å²) in [6.45, 7) is 0.0833. The summed E-state index contributed by atoms with van der Waals surface area (Å²) in [5, 5.41) is 0. The van der Waals surface area contributed by atoms with Gasteiger partial charge >= 0.3 is 0 Å². The highest BCUT2D eigenvalue weighted by atomic mass is 35.5. The molecule has 0 N–H and O–H groups in total. The highest BCUT2D eigenvalue weighted by molar-refractivity contribution is 6.27. The summed E-state index contributed by atoms with van der Waals surface area (Å²) in [4.78, 5) is 11.1. The predicted octanol–water partition coefficient (Wildman–Crippen LogP) is 2.75. The van der Waals surface area contributed by atoms with E-state index in [0.29, 0.717) is 0 Å². The van der Waals surface area contributed by atoms with Crippen LogP contribution in [0.2, 0.25) is 0 Å². The van der Waals surface area contributed by atoms with Crippen LogP contribution in [0.15, 0.2) is 18.2 Å². The van der Waals surface area contributed by atoms with Crippen molar-refractivity contribution < 1.29 is 9.53 Å². The molecule has 0 aromatic heterocycles. The van der Waals surface area contributed by atoms with Crippen LogP contribution in [0, 0.1) is 0 Å². The van der Waals surface area contributed by atoms with Crippen molar-refractivity contribution >= 4 is 17.4 Å². The van der Waals surface area contributed by atoms with Crippen molar-refractivity contribution in [1.82, 2.24) is 0 Å². The normalized spacial score (nSPS) is 14.3. The Labute approximate surface area is 101 Å². The van der Waals surface area contributed by atoms with Gasteiger partial charge in [0, 0.05) is 0 Å². The largest absolute Gasteiger partial charge is 0.485 e. The van der Waals surface area contributed by atoms with Crippen molar-refractivity contribution in [2.45, 2.75) is 25.7 Å². The lowest BCUT2D eigenvalue weighted by Gasteiger charge is -2.19. The van der Waals surface area contributed by atoms with Crippen LogP contribution in [-0.2, 0) is 17.6 Å². The lowest BCUT2D eigenvalue weighted by atomic mass is 9.91. The maximum absolute atomic E-state index is 11.1. The third-order valence-electron chi connectivity index (χ3n) is 2.89. The van der Waals surface area contributed by atoms with E-state index in [1.165, 1.54) is 24.0 Å². The standard InChI is InChI=1S/C13H15ClO2/c14-8-11(15)9-16-13-7-3-5-10-4-1-2-6-12(10)13/h3,5,7H,1-2,4,6,8-9H2. The van der Waals surface area contributed by atoms with Gasteiger partial charge in [0.15, 0.2) is 5.78 Å². The number of ketones is 1. The Morgan fingerprint density at radius 1 is 1.31 bits per heavy atom. The number of carbonyl (C=O) groups excluding carboxylic acids is 1. The van der Waals surface area contributed by atoms with Crippen molar-refractivity contribution in [2.24, 2.45) is 0 Å². The van der Waals surface area contributed by atoms with Gasteiger partial charge in [-0.25, -0.2) is 0 Å². The first-order chi connectivity index (χ1) is 7.81. The first-order valence-corrected chi connectivity index (χ1v) is 6.16. The van der Waals surface area contributed by atoms with Gasteiger partial charge in [-0.2, -0.15) is 0 Å². The van der Waals surface area contributed by atoms with Gasteiger partial charge in [-0.05, 0) is 42.9 Å². The molecule has 1 aliphatic carbocycles. The van der Waals surface area contributed by atoms with Crippen molar-refractivity contribution in [3.8, 4) is 5.75 Å². The summed E-state index contributed by atoms with van der Waals surface area (Å²) in [7, 11) is 0. The van der Waals surface area contributed by atoms with E-state index in [0.717, 1.165) is 18.6 Å². The molecule has 0 fully saturated rings. The Morgan fingerprint density at radius 2 is 2.12 bits per heavy atom. The molecular weight excluding hydrogens is 224 g/mol. The van der Waals surface area contributed by atoms with E-state index in [1.54, 1.807) is 0 Å². The first-order valence-electron chi connectivity index (χ1n) is 5.62. The number of fused-ring (bicyclic) bond motifs is 1. The maximum Gasteiger partial charge on any atom is 0.184 e. The van der Waals surface area contributed by atoms with Gasteiger partial charge in [0.1, 0.15) is 12.4 Å². The molecular formula is C13H15ClO2. The molecule has 1 aromatic rings. The van der Waals surface area contributed by atoms with E-state index < -0.39 is 0 Å². The van der Waals surface area contributed by atoms with E-state index in [4.69, 9.17) is 16.3 Å². The van der Waals surface area contributed by atoms with Crippen molar-refractivity contribution in [3.05, 3.63) is 29.3 Å². The molecule has 0 aliphatic heterocycles. The molecule has 0 saturated carbocycles. The van der Waals surface area contributed by atoms with Gasteiger partial charge in [0.2, 0.25) is 0 Å². The molecule has 0 bridgehead atoms. The zero-order valence-corrected chi connectivity index (χ0v) is 9.93. The van der Waals surface area contributed by atoms with E-state index in [1.807, 2.05) is 12.1 Å². The second kappa shape index (κ2) is 5.35. The Bertz CT molecular complexity index is 388. The zero-order valence-electron chi connectivity index (χ0n) is 9.17. The Morgan fingerprint density at radius 3 is 2.94 bits per heavy atom. The van der Waals surface area contributed by atoms with Crippen LogP contribution in [0.4, 0.5) is 0 Å². The predicted molar refractivity (Wildman–Crippen MR) is 64.3 cm³/mol. The second-order valence-electron chi connectivity index (χ2n) is 4.06. The number of aryl methyl sites for hydroxylation is 1. The Kier molecular flexibility index (Phi) is 3.83. The second-order valence-corrected chi connectivity index (χ2v) is 4.33. The van der Waals surface area contributed by atoms with E-state index in [2.05, 4.69) is 6.07 Å². The number of rotatable bonds is 4. The summed E-state index contributed by atoms with van der Waals surface area (Å²) < 4.78 is 5.52. The Balaban J connectivity index is 2.11. The molecule has 0 heterocycles. The Hall–Kier alpha value is -1.02. The van der Waals surface area contributed by atoms with Crippen molar-refractivity contribution in [1.29, 1.82) is 0 Å². The topological polar surface area (TPSA) is 26.3 Å². The number of hydrogen-bond acceptors (Lipinski definition) is 2. The average Bonchev–Trinajstić information content (AvgIpc) is 2.35. The minimum absolute atomic E-state index is 0.0228. The number of alkyl halides is 1. The molecule has 1 aromatic carbocycles. The minimum Gasteiger partial charge on any atom is -0.485 e. The lowest BCUT2D eigenvalue weighted by Crippen LogP contribution is -2.14. The number of carbonyl (C=O) groups is 1. The van der Waals surface area contributed by atoms with Gasteiger partial charge in [0.05, 0.1) is 5.88 Å². The van der Waals surface area contributed by atoms with Crippen LogP contribution in [-0.4, -0.2) is 18.3 Å². The zero-order chi connectivity index (χ0) is 11.4. The van der Waals surface area contributed by atoms with Crippen LogP contribution in [0.25, 0.3) is 0 Å². The first kappa shape index (κ1) is 11.5. The molecule has 1 aliphatic rings. The summed E-state index contributed by atoms with van der Waals surface area (Å²) in [6.07, 6.45) is 4.63. The molecule has 0 atom stereocenters. The smallest absolute Gasteiger partial charge is 0.184 e. The van der Waals surface area contributed by atoms with Gasteiger partial charge in [-0.3, -0.25) is 4.79 Å². The molecule has 0 amide bonds. The lowest BCUT2D eigenvalue weighted by molar-refractivity contribution is -0.118. The molecule has 0 radical (unpaired) electrons. The minimum atomic E-state index is -0.0740. The molecule has 0 unspecified atom stereocenters. The number of ether oxygens (including phenoxy) is 1. The van der Waals surface area contributed by atoms with Gasteiger partial charge in [0.25, 0.3) is 0 Å². The summed E-state index contributed by atoms with van der Waals surface area (Å²) >= 11 is 5.43. The van der Waals surface area contributed by atoms with Gasteiger partial charge in [-0.1, -0.05) is 12.1 Å². The number of halogens is 1. The monoisotopic (exact) mass is 238 g/mol. The molecule has 2 nitrogen and oxygen atoms in total. The third kappa shape index (κ3) is 2.56. The summed E-state index contributed by atoms with van der Waals surface area (Å²) in [5.41, 5.74) is 2.64. The van der Waals surface area contributed by atoms with E-state index >= 15 is 0 Å². The fourth-order valence-corrected chi connectivity index (χ4v) is 2.16. The van der Waals surface area contributed by atoms with Crippen molar-refractivity contribution in [2.75, 3.05) is 12.5 Å². The van der Waals surface area contributed by atoms with Crippen LogP contribution >= 0.6 is 11.6 Å². The number of Topliss-reactive ketones (excluding diaryl/α,β-unsaturated/α-hetero) is 1. The molecule has 86 valence electrons. The number of hydrogen-bond donors (Lipinski definition) is 0. The number of benzene rings is 1. The molecule has 3 heteroatoms. The van der Waals surface area contributed by atoms with Gasteiger partial charge < -0.3 is 4.74 Å². The fraction of sp³-hybridized carbons (Fsp3) is 0.462.